The van der Waals surface area contributed by atoms with Crippen LogP contribution >= 0.6 is 11.3 Å². The first-order valence-electron chi connectivity index (χ1n) is 9.92. The summed E-state index contributed by atoms with van der Waals surface area (Å²) >= 11 is 1.48. The van der Waals surface area contributed by atoms with Crippen LogP contribution in [0.2, 0.25) is 0 Å². The van der Waals surface area contributed by atoms with Gasteiger partial charge in [-0.2, -0.15) is 0 Å². The molecule has 0 unspecified atom stereocenters. The van der Waals surface area contributed by atoms with Gasteiger partial charge in [-0.3, -0.25) is 4.79 Å². The summed E-state index contributed by atoms with van der Waals surface area (Å²) in [5.74, 6) is 0.934. The molecule has 0 atom stereocenters. The molecule has 2 aliphatic heterocycles. The topological polar surface area (TPSA) is 46.9 Å². The Hall–Kier alpha value is -1.66. The van der Waals surface area contributed by atoms with E-state index in [-0.39, 0.29) is 5.91 Å². The second kappa shape index (κ2) is 7.92. The second-order valence-corrected chi connectivity index (χ2v) is 8.40. The summed E-state index contributed by atoms with van der Waals surface area (Å²) in [6, 6.07) is 6.59. The van der Waals surface area contributed by atoms with E-state index in [0.29, 0.717) is 11.6 Å². The van der Waals surface area contributed by atoms with Crippen molar-refractivity contribution in [1.29, 1.82) is 0 Å². The van der Waals surface area contributed by atoms with E-state index >= 15 is 0 Å². The maximum Gasteiger partial charge on any atom is 0.282 e. The fourth-order valence-corrected chi connectivity index (χ4v) is 5.26. The molecule has 0 saturated carbocycles. The minimum absolute atomic E-state index is 0.0938. The number of thiazole rings is 1. The molecule has 1 amide bonds. The molecule has 0 bridgehead atoms. The fraction of sp³-hybridized carbons (Fsp3) is 0.600. The van der Waals surface area contributed by atoms with Gasteiger partial charge in [0.1, 0.15) is 5.75 Å². The van der Waals surface area contributed by atoms with Crippen LogP contribution in [0.4, 0.5) is 0 Å². The number of amides is 1. The second-order valence-electron chi connectivity index (χ2n) is 7.37. The highest BCUT2D eigenvalue weighted by Crippen LogP contribution is 2.27. The van der Waals surface area contributed by atoms with E-state index in [1.807, 2.05) is 30.0 Å². The van der Waals surface area contributed by atoms with Gasteiger partial charge in [-0.25, -0.2) is 4.98 Å². The van der Waals surface area contributed by atoms with E-state index in [0.717, 1.165) is 47.9 Å². The minimum Gasteiger partial charge on any atom is -0.494 e. The van der Waals surface area contributed by atoms with E-state index in [4.69, 9.17) is 4.74 Å². The van der Waals surface area contributed by atoms with Gasteiger partial charge < -0.3 is 14.5 Å². The van der Waals surface area contributed by atoms with Crippen molar-refractivity contribution in [2.75, 3.05) is 32.8 Å². The van der Waals surface area contributed by atoms with Crippen molar-refractivity contribution in [3.8, 4) is 5.75 Å². The lowest BCUT2D eigenvalue weighted by molar-refractivity contribution is -0.931. The average molecular weight is 375 g/mol. The smallest absolute Gasteiger partial charge is 0.282 e. The Kier molecular flexibility index (Phi) is 5.41. The highest BCUT2D eigenvalue weighted by Gasteiger charge is 2.31. The Labute approximate surface area is 159 Å². The van der Waals surface area contributed by atoms with Gasteiger partial charge in [-0.1, -0.05) is 0 Å². The molecular weight excluding hydrogens is 346 g/mol. The van der Waals surface area contributed by atoms with Crippen LogP contribution in [0, 0.1) is 0 Å². The first kappa shape index (κ1) is 17.7. The number of piperidine rings is 2. The summed E-state index contributed by atoms with van der Waals surface area (Å²) in [5.41, 5.74) is 0.884. The number of benzene rings is 1. The van der Waals surface area contributed by atoms with Gasteiger partial charge in [-0.05, 0) is 44.4 Å². The maximum absolute atomic E-state index is 12.9. The molecule has 0 aliphatic carbocycles. The van der Waals surface area contributed by atoms with Crippen molar-refractivity contribution in [2.24, 2.45) is 0 Å². The van der Waals surface area contributed by atoms with Gasteiger partial charge in [0, 0.05) is 25.9 Å². The van der Waals surface area contributed by atoms with Crippen LogP contribution < -0.4 is 9.64 Å². The molecule has 2 saturated heterocycles. The van der Waals surface area contributed by atoms with E-state index in [2.05, 4.69) is 4.98 Å². The summed E-state index contributed by atoms with van der Waals surface area (Å²) in [5, 5.41) is 0.609. The van der Waals surface area contributed by atoms with Gasteiger partial charge in [0.15, 0.2) is 5.01 Å². The van der Waals surface area contributed by atoms with E-state index < -0.39 is 0 Å². The van der Waals surface area contributed by atoms with Crippen LogP contribution in [0.1, 0.15) is 48.8 Å². The molecule has 5 nitrogen and oxygen atoms in total. The number of hydrogen-bond donors (Lipinski definition) is 1. The number of nitrogens with one attached hydrogen (secondary N) is 1. The average Bonchev–Trinajstić information content (AvgIpc) is 3.12. The third kappa shape index (κ3) is 3.71. The zero-order valence-corrected chi connectivity index (χ0v) is 16.3. The molecule has 1 aromatic heterocycles. The molecule has 1 aromatic carbocycles. The summed E-state index contributed by atoms with van der Waals surface area (Å²) in [6.07, 6.45) is 6.37. The Morgan fingerprint density at radius 1 is 1.27 bits per heavy atom. The molecule has 6 heteroatoms. The van der Waals surface area contributed by atoms with Crippen molar-refractivity contribution in [2.45, 2.75) is 45.1 Å². The minimum atomic E-state index is 0.0938. The number of ether oxygens (including phenoxy) is 1. The molecule has 3 heterocycles. The molecular formula is C20H28N3O2S+. The Morgan fingerprint density at radius 2 is 2.04 bits per heavy atom. The first-order valence-corrected chi connectivity index (χ1v) is 10.7. The molecule has 2 aliphatic rings. The molecule has 0 radical (unpaired) electrons. The number of rotatable bonds is 4. The van der Waals surface area contributed by atoms with E-state index in [9.17, 15) is 4.79 Å². The van der Waals surface area contributed by atoms with Crippen LogP contribution in [0.5, 0.6) is 5.75 Å². The molecule has 2 aromatic rings. The third-order valence-electron chi connectivity index (χ3n) is 5.71. The molecule has 26 heavy (non-hydrogen) atoms. The Bertz CT molecular complexity index is 762. The van der Waals surface area contributed by atoms with Crippen LogP contribution in [-0.4, -0.2) is 54.6 Å². The van der Waals surface area contributed by atoms with Crippen molar-refractivity contribution in [1.82, 2.24) is 9.88 Å². The SMILES string of the molecule is CCOc1ccc2nc(C(=O)N3CCC([NH+]4CCCCC4)CC3)sc2c1. The lowest BCUT2D eigenvalue weighted by Gasteiger charge is -2.37. The molecule has 0 spiro atoms. The summed E-state index contributed by atoms with van der Waals surface area (Å²) < 4.78 is 6.57. The molecule has 4 rings (SSSR count). The number of carbonyl (C=O) groups excluding carboxylic acids is 1. The Balaban J connectivity index is 1.40. The predicted molar refractivity (Wildman–Crippen MR) is 104 cm³/mol. The van der Waals surface area contributed by atoms with Gasteiger partial charge in [0.2, 0.25) is 0 Å². The lowest BCUT2D eigenvalue weighted by Crippen LogP contribution is -3.16. The quantitative estimate of drug-likeness (QED) is 0.894. The van der Waals surface area contributed by atoms with Crippen LogP contribution in [0.3, 0.4) is 0 Å². The molecule has 140 valence electrons. The van der Waals surface area contributed by atoms with E-state index in [1.165, 1.54) is 43.7 Å². The number of likely N-dealkylation sites (tertiary alicyclic amines) is 2. The number of aromatic nitrogens is 1. The number of carbonyl (C=O) groups is 1. The van der Waals surface area contributed by atoms with E-state index in [1.54, 1.807) is 4.90 Å². The molecule has 2 fully saturated rings. The monoisotopic (exact) mass is 374 g/mol. The fourth-order valence-electron chi connectivity index (χ4n) is 4.29. The van der Waals surface area contributed by atoms with Gasteiger partial charge >= 0.3 is 0 Å². The van der Waals surface area contributed by atoms with Crippen molar-refractivity contribution in [3.63, 3.8) is 0 Å². The van der Waals surface area contributed by atoms with Gasteiger partial charge in [-0.15, -0.1) is 11.3 Å². The lowest BCUT2D eigenvalue weighted by atomic mass is 10.00. The maximum atomic E-state index is 12.9. The van der Waals surface area contributed by atoms with Crippen LogP contribution in [0.15, 0.2) is 18.2 Å². The Morgan fingerprint density at radius 3 is 2.77 bits per heavy atom. The zero-order valence-electron chi connectivity index (χ0n) is 15.5. The normalized spacial score (nSPS) is 19.8. The predicted octanol–water partition coefficient (Wildman–Crippen LogP) is 2.37. The summed E-state index contributed by atoms with van der Waals surface area (Å²) in [6.45, 7) is 6.99. The number of nitrogens with zero attached hydrogens (tertiary/aromatic N) is 2. The van der Waals surface area contributed by atoms with Crippen molar-refractivity contribution < 1.29 is 14.4 Å². The standard InChI is InChI=1S/C20H27N3O2S/c1-2-25-16-6-7-17-18(14-16)26-19(21-17)20(24)23-12-8-15(9-13-23)22-10-4-3-5-11-22/h6-7,14-15H,2-5,8-13H2,1H3/p+1. The highest BCUT2D eigenvalue weighted by atomic mass is 32.1. The number of hydrogen-bond acceptors (Lipinski definition) is 4. The highest BCUT2D eigenvalue weighted by molar-refractivity contribution is 7.20. The largest absolute Gasteiger partial charge is 0.494 e. The zero-order chi connectivity index (χ0) is 17.9. The van der Waals surface area contributed by atoms with Crippen LogP contribution in [-0.2, 0) is 0 Å². The molecule has 1 N–H and O–H groups in total. The van der Waals surface area contributed by atoms with Crippen molar-refractivity contribution in [3.05, 3.63) is 23.2 Å². The number of fused-ring (bicyclic) bond motifs is 1. The van der Waals surface area contributed by atoms with Crippen molar-refractivity contribution >= 4 is 27.5 Å². The van der Waals surface area contributed by atoms with Crippen LogP contribution in [0.25, 0.3) is 10.2 Å². The first-order chi connectivity index (χ1) is 12.7. The van der Waals surface area contributed by atoms with Gasteiger partial charge in [0.25, 0.3) is 5.91 Å². The van der Waals surface area contributed by atoms with Gasteiger partial charge in [0.05, 0.1) is 36.0 Å². The third-order valence-corrected chi connectivity index (χ3v) is 6.72. The summed E-state index contributed by atoms with van der Waals surface area (Å²) in [4.78, 5) is 21.2. The number of quaternary nitrogens is 1. The summed E-state index contributed by atoms with van der Waals surface area (Å²) in [7, 11) is 0.